The van der Waals surface area contributed by atoms with Gasteiger partial charge in [0.2, 0.25) is 5.91 Å². The van der Waals surface area contributed by atoms with E-state index in [0.29, 0.717) is 24.5 Å². The molecule has 138 valence electrons. The summed E-state index contributed by atoms with van der Waals surface area (Å²) >= 11 is 6.03. The average molecular weight is 385 g/mol. The fourth-order valence-electron chi connectivity index (χ4n) is 3.40. The lowest BCUT2D eigenvalue weighted by molar-refractivity contribution is -0.121. The predicted molar refractivity (Wildman–Crippen MR) is 101 cm³/mol. The maximum atomic E-state index is 13.0. The monoisotopic (exact) mass is 384 g/mol. The maximum absolute atomic E-state index is 13.0. The number of carbonyl (C=O) groups excluding carboxylic acids is 1. The van der Waals surface area contributed by atoms with Gasteiger partial charge in [0.05, 0.1) is 12.2 Å². The Labute approximate surface area is 161 Å². The minimum absolute atomic E-state index is 0.0316. The van der Waals surface area contributed by atoms with E-state index < -0.39 is 0 Å². The van der Waals surface area contributed by atoms with E-state index in [1.165, 1.54) is 17.7 Å². The summed E-state index contributed by atoms with van der Waals surface area (Å²) in [5.41, 5.74) is 3.09. The summed E-state index contributed by atoms with van der Waals surface area (Å²) in [7, 11) is 0. The van der Waals surface area contributed by atoms with Crippen LogP contribution in [0, 0.1) is 5.82 Å². The number of oxazole rings is 1. The van der Waals surface area contributed by atoms with E-state index in [-0.39, 0.29) is 17.8 Å². The number of halogens is 2. The van der Waals surface area contributed by atoms with Crippen LogP contribution in [0.2, 0.25) is 5.02 Å². The highest BCUT2D eigenvalue weighted by Crippen LogP contribution is 2.32. The van der Waals surface area contributed by atoms with Gasteiger partial charge in [0.1, 0.15) is 5.82 Å². The lowest BCUT2D eigenvalue weighted by atomic mass is 10.1. The highest BCUT2D eigenvalue weighted by Gasteiger charge is 2.24. The highest BCUT2D eigenvalue weighted by atomic mass is 35.5. The molecule has 6 heteroatoms. The molecule has 1 aromatic heterocycles. The first-order chi connectivity index (χ1) is 13.1. The average Bonchev–Trinajstić information content (AvgIpc) is 3.28. The van der Waals surface area contributed by atoms with Gasteiger partial charge in [-0.15, -0.1) is 0 Å². The lowest BCUT2D eigenvalue weighted by Crippen LogP contribution is -2.27. The van der Waals surface area contributed by atoms with Gasteiger partial charge in [-0.25, -0.2) is 9.37 Å². The van der Waals surface area contributed by atoms with Crippen LogP contribution in [0.5, 0.6) is 0 Å². The molecule has 1 heterocycles. The van der Waals surface area contributed by atoms with Crippen LogP contribution in [0.1, 0.15) is 35.9 Å². The molecule has 1 N–H and O–H groups in total. The molecular weight excluding hydrogens is 367 g/mol. The van der Waals surface area contributed by atoms with E-state index in [1.807, 2.05) is 18.2 Å². The number of hydrogen-bond donors (Lipinski definition) is 1. The Morgan fingerprint density at radius 1 is 1.26 bits per heavy atom. The van der Waals surface area contributed by atoms with Crippen LogP contribution in [0.4, 0.5) is 4.39 Å². The van der Waals surface area contributed by atoms with E-state index in [0.717, 1.165) is 29.0 Å². The normalized spacial score (nSPS) is 15.6. The van der Waals surface area contributed by atoms with Crippen molar-refractivity contribution in [2.75, 3.05) is 0 Å². The molecule has 1 aliphatic rings. The molecule has 3 aromatic rings. The number of hydrogen-bond acceptors (Lipinski definition) is 3. The molecule has 1 atom stereocenters. The summed E-state index contributed by atoms with van der Waals surface area (Å²) < 4.78 is 18.7. The topological polar surface area (TPSA) is 55.1 Å². The molecule has 0 radical (unpaired) electrons. The number of fused-ring (bicyclic) bond motifs is 1. The third-order valence-electron chi connectivity index (χ3n) is 4.77. The van der Waals surface area contributed by atoms with E-state index in [1.54, 1.807) is 18.3 Å². The quantitative estimate of drug-likeness (QED) is 0.682. The number of benzene rings is 2. The van der Waals surface area contributed by atoms with Crippen LogP contribution >= 0.6 is 11.6 Å². The fourth-order valence-corrected chi connectivity index (χ4v) is 3.59. The molecule has 0 spiro atoms. The third-order valence-corrected chi connectivity index (χ3v) is 5.00. The Morgan fingerprint density at radius 2 is 2.07 bits per heavy atom. The Hall–Kier alpha value is -2.66. The molecule has 4 rings (SSSR count). The van der Waals surface area contributed by atoms with E-state index in [2.05, 4.69) is 10.3 Å². The van der Waals surface area contributed by atoms with Crippen molar-refractivity contribution in [3.63, 3.8) is 0 Å². The van der Waals surface area contributed by atoms with E-state index >= 15 is 0 Å². The van der Waals surface area contributed by atoms with Gasteiger partial charge in [-0.1, -0.05) is 17.7 Å². The maximum Gasteiger partial charge on any atom is 0.220 e. The molecule has 1 aliphatic carbocycles. The summed E-state index contributed by atoms with van der Waals surface area (Å²) in [4.78, 5) is 16.5. The first-order valence-corrected chi connectivity index (χ1v) is 9.24. The number of aryl methyl sites for hydroxylation is 2. The summed E-state index contributed by atoms with van der Waals surface area (Å²) in [6.07, 6.45) is 4.10. The highest BCUT2D eigenvalue weighted by molar-refractivity contribution is 6.30. The Kier molecular flexibility index (Phi) is 4.94. The Balaban J connectivity index is 1.33. The van der Waals surface area contributed by atoms with Gasteiger partial charge in [0.15, 0.2) is 11.7 Å². The van der Waals surface area contributed by atoms with Crippen LogP contribution in [0.15, 0.2) is 53.1 Å². The predicted octanol–water partition coefficient (Wildman–Crippen LogP) is 4.87. The molecule has 1 amide bonds. The van der Waals surface area contributed by atoms with Gasteiger partial charge >= 0.3 is 0 Å². The second-order valence-electron chi connectivity index (χ2n) is 6.63. The second kappa shape index (κ2) is 7.53. The first kappa shape index (κ1) is 17.7. The van der Waals surface area contributed by atoms with Crippen molar-refractivity contribution in [3.8, 4) is 11.3 Å². The zero-order chi connectivity index (χ0) is 18.8. The lowest BCUT2D eigenvalue weighted by Gasteiger charge is -2.14. The van der Waals surface area contributed by atoms with Gasteiger partial charge in [-0.3, -0.25) is 4.79 Å². The van der Waals surface area contributed by atoms with Crippen LogP contribution in [-0.4, -0.2) is 10.9 Å². The van der Waals surface area contributed by atoms with Crippen LogP contribution in [0.25, 0.3) is 11.3 Å². The molecule has 0 saturated carbocycles. The van der Waals surface area contributed by atoms with Gasteiger partial charge < -0.3 is 9.73 Å². The number of carbonyl (C=O) groups is 1. The van der Waals surface area contributed by atoms with E-state index in [4.69, 9.17) is 16.0 Å². The van der Waals surface area contributed by atoms with Crippen LogP contribution in [-0.2, 0) is 17.6 Å². The molecule has 0 fully saturated rings. The Morgan fingerprint density at radius 3 is 2.89 bits per heavy atom. The molecule has 0 bridgehead atoms. The molecule has 2 aromatic carbocycles. The summed E-state index contributed by atoms with van der Waals surface area (Å²) in [5, 5.41) is 3.80. The van der Waals surface area contributed by atoms with Crippen molar-refractivity contribution in [1.82, 2.24) is 10.3 Å². The standard InChI is InChI=1S/C21H18ClFN2O2/c22-15-4-7-17-14(11-15)3-8-18(17)25-20(26)9-10-21-24-12-19(27-21)13-1-5-16(23)6-2-13/h1-2,4-7,11-12,18H,3,8-10H2,(H,25,26)/t18-/m1/s1. The second-order valence-corrected chi connectivity index (χ2v) is 7.06. The van der Waals surface area contributed by atoms with Crippen molar-refractivity contribution < 1.29 is 13.6 Å². The molecule has 0 unspecified atom stereocenters. The van der Waals surface area contributed by atoms with Crippen molar-refractivity contribution in [2.45, 2.75) is 31.7 Å². The fraction of sp³-hybridized carbons (Fsp3) is 0.238. The number of rotatable bonds is 5. The van der Waals surface area contributed by atoms with Gasteiger partial charge in [0.25, 0.3) is 0 Å². The minimum Gasteiger partial charge on any atom is -0.441 e. The zero-order valence-electron chi connectivity index (χ0n) is 14.5. The zero-order valence-corrected chi connectivity index (χ0v) is 15.3. The van der Waals surface area contributed by atoms with Crippen molar-refractivity contribution in [2.24, 2.45) is 0 Å². The number of nitrogens with zero attached hydrogens (tertiary/aromatic N) is 1. The van der Waals surface area contributed by atoms with E-state index in [9.17, 15) is 9.18 Å². The molecular formula is C21H18ClFN2O2. The van der Waals surface area contributed by atoms with Gasteiger partial charge in [-0.2, -0.15) is 0 Å². The smallest absolute Gasteiger partial charge is 0.220 e. The summed E-state index contributed by atoms with van der Waals surface area (Å²) in [6.45, 7) is 0. The number of nitrogens with one attached hydrogen (secondary N) is 1. The SMILES string of the molecule is O=C(CCc1ncc(-c2ccc(F)cc2)o1)N[C@@H]1CCc2cc(Cl)ccc21. The third kappa shape index (κ3) is 4.03. The number of amides is 1. The van der Waals surface area contributed by atoms with Crippen LogP contribution in [0.3, 0.4) is 0 Å². The largest absolute Gasteiger partial charge is 0.441 e. The van der Waals surface area contributed by atoms with Gasteiger partial charge in [0, 0.05) is 23.4 Å². The van der Waals surface area contributed by atoms with Crippen LogP contribution < -0.4 is 5.32 Å². The molecule has 27 heavy (non-hydrogen) atoms. The Bertz CT molecular complexity index is 969. The molecule has 0 saturated heterocycles. The first-order valence-electron chi connectivity index (χ1n) is 8.87. The molecule has 4 nitrogen and oxygen atoms in total. The molecule has 0 aliphatic heterocycles. The van der Waals surface area contributed by atoms with Crippen molar-refractivity contribution in [1.29, 1.82) is 0 Å². The number of aromatic nitrogens is 1. The minimum atomic E-state index is -0.300. The summed E-state index contributed by atoms with van der Waals surface area (Å²) in [5.74, 6) is 0.713. The van der Waals surface area contributed by atoms with Crippen molar-refractivity contribution >= 4 is 17.5 Å². The van der Waals surface area contributed by atoms with Gasteiger partial charge in [-0.05, 0) is 60.4 Å². The summed E-state index contributed by atoms with van der Waals surface area (Å²) in [6, 6.07) is 11.9. The van der Waals surface area contributed by atoms with Crippen molar-refractivity contribution in [3.05, 3.63) is 76.5 Å².